The molecule has 1 fully saturated rings. The molecule has 3 heterocycles. The molecule has 0 bridgehead atoms. The van der Waals surface area contributed by atoms with E-state index in [1.54, 1.807) is 43.6 Å². The van der Waals surface area contributed by atoms with Gasteiger partial charge >= 0.3 is 0 Å². The maximum Gasteiger partial charge on any atom is 0.296 e. The number of Topliss-reactive ketones (excluding diaryl/α,β-unsaturated/α-hetero) is 1. The van der Waals surface area contributed by atoms with Crippen molar-refractivity contribution in [2.75, 3.05) is 0 Å². The van der Waals surface area contributed by atoms with Crippen molar-refractivity contribution in [1.82, 2.24) is 9.88 Å². The maximum absolute atomic E-state index is 13.3. The first kappa shape index (κ1) is 18.6. The molecule has 1 aliphatic rings. The molecule has 1 aliphatic heterocycles. The van der Waals surface area contributed by atoms with Crippen LogP contribution >= 0.6 is 0 Å². The summed E-state index contributed by atoms with van der Waals surface area (Å²) in [5, 5.41) is 10.8. The number of hydrogen-bond acceptors (Lipinski definition) is 5. The number of carbonyl (C=O) groups excluding carboxylic acids is 2. The topological polar surface area (TPSA) is 83.6 Å². The van der Waals surface area contributed by atoms with Crippen LogP contribution in [0.5, 0.6) is 0 Å². The minimum Gasteiger partial charge on any atom is -0.507 e. The van der Waals surface area contributed by atoms with Gasteiger partial charge < -0.3 is 14.4 Å². The minimum atomic E-state index is -0.901. The van der Waals surface area contributed by atoms with Crippen LogP contribution in [0.1, 0.15) is 28.7 Å². The summed E-state index contributed by atoms with van der Waals surface area (Å²) in [6, 6.07) is 11.0. The molecule has 2 aromatic heterocycles. The summed E-state index contributed by atoms with van der Waals surface area (Å²) in [7, 11) is 0. The molecule has 1 saturated heterocycles. The zero-order valence-electron chi connectivity index (χ0n) is 15.5. The van der Waals surface area contributed by atoms with Crippen molar-refractivity contribution in [3.8, 4) is 0 Å². The van der Waals surface area contributed by atoms with Crippen molar-refractivity contribution in [3.05, 3.63) is 95.0 Å². The lowest BCUT2D eigenvalue weighted by atomic mass is 9.99. The summed E-state index contributed by atoms with van der Waals surface area (Å²) in [4.78, 5) is 31.0. The fourth-order valence-corrected chi connectivity index (χ4v) is 3.39. The maximum atomic E-state index is 13.3. The van der Waals surface area contributed by atoms with E-state index in [9.17, 15) is 19.1 Å². The van der Waals surface area contributed by atoms with Crippen LogP contribution in [0.2, 0.25) is 0 Å². The van der Waals surface area contributed by atoms with Crippen LogP contribution in [0.4, 0.5) is 4.39 Å². The molecule has 29 heavy (non-hydrogen) atoms. The third kappa shape index (κ3) is 3.42. The summed E-state index contributed by atoms with van der Waals surface area (Å²) < 4.78 is 19.0. The van der Waals surface area contributed by atoms with Gasteiger partial charge in [-0.3, -0.25) is 14.6 Å². The highest BCUT2D eigenvalue weighted by molar-refractivity contribution is 6.46. The van der Waals surface area contributed by atoms with Gasteiger partial charge in [0, 0.05) is 24.5 Å². The number of halogens is 1. The Labute approximate surface area is 165 Å². The molecule has 1 N–H and O–H groups in total. The molecule has 1 unspecified atom stereocenters. The predicted octanol–water partition coefficient (Wildman–Crippen LogP) is 3.74. The molecule has 1 amide bonds. The van der Waals surface area contributed by atoms with Gasteiger partial charge in [0.2, 0.25) is 0 Å². The van der Waals surface area contributed by atoms with E-state index in [-0.39, 0.29) is 23.4 Å². The molecule has 4 rings (SSSR count). The van der Waals surface area contributed by atoms with Crippen LogP contribution in [-0.4, -0.2) is 26.7 Å². The van der Waals surface area contributed by atoms with Crippen molar-refractivity contribution in [2.45, 2.75) is 19.5 Å². The summed E-state index contributed by atoms with van der Waals surface area (Å²) in [6.45, 7) is 1.89. The highest BCUT2D eigenvalue weighted by Gasteiger charge is 2.47. The third-order valence-electron chi connectivity index (χ3n) is 4.79. The van der Waals surface area contributed by atoms with Gasteiger partial charge in [-0.05, 0) is 61.0 Å². The average Bonchev–Trinajstić information content (AvgIpc) is 3.25. The van der Waals surface area contributed by atoms with Crippen LogP contribution in [-0.2, 0) is 16.1 Å². The van der Waals surface area contributed by atoms with Crippen LogP contribution in [0.25, 0.3) is 5.76 Å². The second-order valence-corrected chi connectivity index (χ2v) is 6.74. The van der Waals surface area contributed by atoms with Gasteiger partial charge in [0.1, 0.15) is 29.1 Å². The lowest BCUT2D eigenvalue weighted by Gasteiger charge is -2.23. The second kappa shape index (κ2) is 7.35. The van der Waals surface area contributed by atoms with Crippen LogP contribution in [0, 0.1) is 12.7 Å². The molecule has 7 heteroatoms. The Kier molecular flexibility index (Phi) is 4.72. The quantitative estimate of drug-likeness (QED) is 0.415. The van der Waals surface area contributed by atoms with E-state index in [0.29, 0.717) is 11.5 Å². The number of nitrogens with zero attached hydrogens (tertiary/aromatic N) is 2. The number of benzene rings is 1. The van der Waals surface area contributed by atoms with Gasteiger partial charge in [-0.15, -0.1) is 0 Å². The van der Waals surface area contributed by atoms with E-state index >= 15 is 0 Å². The Morgan fingerprint density at radius 3 is 2.41 bits per heavy atom. The summed E-state index contributed by atoms with van der Waals surface area (Å²) in [5.74, 6) is -1.45. The monoisotopic (exact) mass is 392 g/mol. The SMILES string of the molecule is Cc1ccc(C2/C(=C(/O)c3ccc(F)cc3)C(=O)C(=O)N2Cc2ccncc2)o1. The Balaban J connectivity index is 1.84. The van der Waals surface area contributed by atoms with Gasteiger partial charge in [0.15, 0.2) is 0 Å². The summed E-state index contributed by atoms with van der Waals surface area (Å²) >= 11 is 0. The lowest BCUT2D eigenvalue weighted by molar-refractivity contribution is -0.140. The molecule has 146 valence electrons. The van der Waals surface area contributed by atoms with Crippen molar-refractivity contribution in [2.24, 2.45) is 0 Å². The van der Waals surface area contributed by atoms with E-state index in [1.165, 1.54) is 29.2 Å². The molecule has 0 aliphatic carbocycles. The predicted molar refractivity (Wildman–Crippen MR) is 102 cm³/mol. The molecule has 1 aromatic carbocycles. The van der Waals surface area contributed by atoms with E-state index in [0.717, 1.165) is 5.56 Å². The summed E-state index contributed by atoms with van der Waals surface area (Å²) in [5.41, 5.74) is 0.920. The van der Waals surface area contributed by atoms with Crippen LogP contribution in [0.3, 0.4) is 0 Å². The number of aromatic nitrogens is 1. The smallest absolute Gasteiger partial charge is 0.296 e. The standard InChI is InChI=1S/C22H17FN2O4/c1-13-2-7-17(29-13)19-18(20(26)15-3-5-16(23)6-4-15)21(27)22(28)25(19)12-14-8-10-24-11-9-14/h2-11,19,26H,12H2,1H3/b20-18-. The molecular formula is C22H17FN2O4. The van der Waals surface area contributed by atoms with Crippen molar-refractivity contribution >= 4 is 17.4 Å². The van der Waals surface area contributed by atoms with Gasteiger partial charge in [0.25, 0.3) is 11.7 Å². The Hall–Kier alpha value is -3.74. The molecule has 6 nitrogen and oxygen atoms in total. The van der Waals surface area contributed by atoms with E-state index in [1.807, 2.05) is 0 Å². The lowest BCUT2D eigenvalue weighted by Crippen LogP contribution is -2.29. The number of aliphatic hydroxyl groups is 1. The Morgan fingerprint density at radius 1 is 1.10 bits per heavy atom. The van der Waals surface area contributed by atoms with Gasteiger partial charge in [-0.25, -0.2) is 4.39 Å². The zero-order valence-corrected chi connectivity index (χ0v) is 15.5. The minimum absolute atomic E-state index is 0.0926. The number of furan rings is 1. The van der Waals surface area contributed by atoms with E-state index in [2.05, 4.69) is 4.98 Å². The van der Waals surface area contributed by atoms with Crippen LogP contribution in [0.15, 0.2) is 70.9 Å². The molecule has 3 aromatic rings. The van der Waals surface area contributed by atoms with Crippen molar-refractivity contribution in [3.63, 3.8) is 0 Å². The Bertz CT molecular complexity index is 1100. The number of pyridine rings is 1. The van der Waals surface area contributed by atoms with Crippen LogP contribution < -0.4 is 0 Å². The summed E-state index contributed by atoms with van der Waals surface area (Å²) in [6.07, 6.45) is 3.19. The normalized spacial score (nSPS) is 18.4. The van der Waals surface area contributed by atoms with Gasteiger partial charge in [-0.1, -0.05) is 0 Å². The number of likely N-dealkylation sites (tertiary alicyclic amines) is 1. The number of carbonyl (C=O) groups is 2. The second-order valence-electron chi connectivity index (χ2n) is 6.74. The highest BCUT2D eigenvalue weighted by Crippen LogP contribution is 2.40. The number of hydrogen-bond donors (Lipinski definition) is 1. The van der Waals surface area contributed by atoms with Crippen molar-refractivity contribution in [1.29, 1.82) is 0 Å². The molecule has 1 atom stereocenters. The number of amides is 1. The Morgan fingerprint density at radius 2 is 1.79 bits per heavy atom. The number of aryl methyl sites for hydroxylation is 1. The number of aliphatic hydroxyl groups excluding tert-OH is 1. The first-order valence-corrected chi connectivity index (χ1v) is 8.95. The van der Waals surface area contributed by atoms with E-state index < -0.39 is 23.5 Å². The van der Waals surface area contributed by atoms with Crippen molar-refractivity contribution < 1.29 is 23.5 Å². The first-order valence-electron chi connectivity index (χ1n) is 8.95. The molecule has 0 saturated carbocycles. The molecule has 0 spiro atoms. The third-order valence-corrected chi connectivity index (χ3v) is 4.79. The first-order chi connectivity index (χ1) is 14.0. The molecular weight excluding hydrogens is 375 g/mol. The van der Waals surface area contributed by atoms with Gasteiger partial charge in [0.05, 0.1) is 5.57 Å². The van der Waals surface area contributed by atoms with E-state index in [4.69, 9.17) is 4.42 Å². The average molecular weight is 392 g/mol. The fourth-order valence-electron chi connectivity index (χ4n) is 3.39. The zero-order chi connectivity index (χ0) is 20.5. The fraction of sp³-hybridized carbons (Fsp3) is 0.136. The number of ketones is 1. The number of rotatable bonds is 4. The molecule has 0 radical (unpaired) electrons. The highest BCUT2D eigenvalue weighted by atomic mass is 19.1. The largest absolute Gasteiger partial charge is 0.507 e. The van der Waals surface area contributed by atoms with Gasteiger partial charge in [-0.2, -0.15) is 0 Å².